The molecule has 1 aliphatic heterocycles. The van der Waals surface area contributed by atoms with Gasteiger partial charge in [-0.05, 0) is 12.8 Å². The summed E-state index contributed by atoms with van der Waals surface area (Å²) in [6, 6.07) is -0.0370. The van der Waals surface area contributed by atoms with E-state index >= 15 is 0 Å². The van der Waals surface area contributed by atoms with Crippen molar-refractivity contribution in [2.24, 2.45) is 5.92 Å². The number of hydrogen-bond acceptors (Lipinski definition) is 3. The number of hydrogen-bond donors (Lipinski definition) is 0. The predicted octanol–water partition coefficient (Wildman–Crippen LogP) is 1.51. The molecule has 0 saturated carbocycles. The Morgan fingerprint density at radius 1 is 1.62 bits per heavy atom. The van der Waals surface area contributed by atoms with Gasteiger partial charge in [0.2, 0.25) is 0 Å². The van der Waals surface area contributed by atoms with Gasteiger partial charge in [-0.25, -0.2) is 0 Å². The zero-order chi connectivity index (χ0) is 10.0. The average Bonchev–Trinajstić information content (AvgIpc) is 2.50. The van der Waals surface area contributed by atoms with Gasteiger partial charge in [0.15, 0.2) is 5.78 Å². The minimum absolute atomic E-state index is 0.0370. The number of nitrogens with zero attached hydrogens (tertiary/aromatic N) is 1. The maximum absolute atomic E-state index is 11.7. The molecule has 0 radical (unpaired) electrons. The first-order valence-electron chi connectivity index (χ1n) is 4.55. The fourth-order valence-electron chi connectivity index (χ4n) is 1.67. The smallest absolute Gasteiger partial charge is 0.157 e. The first kappa shape index (κ1) is 10.9. The number of rotatable bonds is 2. The molecule has 0 aromatic carbocycles. The molecule has 74 valence electrons. The van der Waals surface area contributed by atoms with Crippen molar-refractivity contribution < 1.29 is 4.79 Å². The van der Waals surface area contributed by atoms with Crippen molar-refractivity contribution >= 4 is 35.0 Å². The van der Waals surface area contributed by atoms with Crippen LogP contribution in [-0.2, 0) is 17.4 Å². The lowest BCUT2D eigenvalue weighted by atomic mass is 10.0. The van der Waals surface area contributed by atoms with Crippen LogP contribution >= 0.6 is 12.2 Å². The van der Waals surface area contributed by atoms with Gasteiger partial charge in [-0.2, -0.15) is 0 Å². The van der Waals surface area contributed by atoms with Crippen molar-refractivity contribution in [1.82, 2.24) is 4.90 Å². The van der Waals surface area contributed by atoms with Crippen molar-refractivity contribution in [3.05, 3.63) is 0 Å². The predicted molar refractivity (Wildman–Crippen MR) is 59.5 cm³/mol. The van der Waals surface area contributed by atoms with Crippen LogP contribution in [0.15, 0.2) is 0 Å². The van der Waals surface area contributed by atoms with E-state index in [4.69, 9.17) is 24.8 Å². The van der Waals surface area contributed by atoms with Gasteiger partial charge in [0.1, 0.15) is 0 Å². The van der Waals surface area contributed by atoms with Crippen molar-refractivity contribution in [3.8, 4) is 0 Å². The summed E-state index contributed by atoms with van der Waals surface area (Å²) in [5.74, 6) is 0.347. The Kier molecular flexibility index (Phi) is 3.62. The van der Waals surface area contributed by atoms with Crippen LogP contribution in [0.3, 0.4) is 0 Å². The zero-order valence-corrected chi connectivity index (χ0v) is 9.58. The molecule has 0 bridgehead atoms. The van der Waals surface area contributed by atoms with Crippen molar-refractivity contribution in [1.29, 1.82) is 0 Å². The van der Waals surface area contributed by atoms with Gasteiger partial charge in [0, 0.05) is 12.5 Å². The van der Waals surface area contributed by atoms with Crippen LogP contribution in [0.4, 0.5) is 0 Å². The van der Waals surface area contributed by atoms with Crippen LogP contribution in [0.25, 0.3) is 0 Å². The van der Waals surface area contributed by atoms with Gasteiger partial charge in [0.25, 0.3) is 0 Å². The Morgan fingerprint density at radius 2 is 2.23 bits per heavy atom. The largest absolute Gasteiger partial charge is 0.411 e. The normalized spacial score (nSPS) is 22.4. The van der Waals surface area contributed by atoms with Gasteiger partial charge >= 0.3 is 0 Å². The highest BCUT2D eigenvalue weighted by Crippen LogP contribution is 2.20. The highest BCUT2D eigenvalue weighted by atomic mass is 32.1. The van der Waals surface area contributed by atoms with Gasteiger partial charge in [-0.3, -0.25) is 4.79 Å². The summed E-state index contributed by atoms with van der Waals surface area (Å²) >= 11 is 9.85. The quantitative estimate of drug-likeness (QED) is 0.515. The van der Waals surface area contributed by atoms with E-state index in [2.05, 4.69) is 0 Å². The number of ketones is 1. The molecule has 0 N–H and O–H groups in total. The fraction of sp³-hybridized carbons (Fsp3) is 0.778. The summed E-state index contributed by atoms with van der Waals surface area (Å²) < 4.78 is 0.441. The van der Waals surface area contributed by atoms with Gasteiger partial charge < -0.3 is 29.7 Å². The number of thiocarbonyl (C=S) groups is 1. The van der Waals surface area contributed by atoms with Crippen LogP contribution in [0.5, 0.6) is 0 Å². The summed E-state index contributed by atoms with van der Waals surface area (Å²) in [6.07, 6.45) is 1.94. The highest BCUT2D eigenvalue weighted by molar-refractivity contribution is 8.00. The topological polar surface area (TPSA) is 20.3 Å². The molecule has 0 aromatic heterocycles. The summed E-state index contributed by atoms with van der Waals surface area (Å²) in [6.45, 7) is 4.70. The van der Waals surface area contributed by atoms with E-state index < -0.39 is 0 Å². The maximum Gasteiger partial charge on any atom is 0.157 e. The lowest BCUT2D eigenvalue weighted by Gasteiger charge is -2.30. The van der Waals surface area contributed by atoms with E-state index in [1.807, 2.05) is 18.7 Å². The second-order valence-corrected chi connectivity index (χ2v) is 4.71. The second kappa shape index (κ2) is 4.33. The Hall–Kier alpha value is -0.220. The van der Waals surface area contributed by atoms with E-state index in [0.29, 0.717) is 4.32 Å². The Labute approximate surface area is 90.1 Å². The summed E-state index contributed by atoms with van der Waals surface area (Å²) in [4.78, 5) is 13.6. The number of likely N-dealkylation sites (tertiary alicyclic amines) is 1. The minimum Gasteiger partial charge on any atom is -0.411 e. The van der Waals surface area contributed by atoms with E-state index in [0.717, 1.165) is 19.4 Å². The van der Waals surface area contributed by atoms with E-state index in [-0.39, 0.29) is 17.7 Å². The molecule has 1 aliphatic rings. The average molecular weight is 216 g/mol. The molecule has 1 fully saturated rings. The molecule has 13 heavy (non-hydrogen) atoms. The van der Waals surface area contributed by atoms with Crippen LogP contribution in [0.1, 0.15) is 26.7 Å². The van der Waals surface area contributed by atoms with Gasteiger partial charge in [0.05, 0.1) is 6.04 Å². The van der Waals surface area contributed by atoms with E-state index in [1.165, 1.54) is 0 Å². The lowest BCUT2D eigenvalue weighted by Crippen LogP contribution is -2.40. The van der Waals surface area contributed by atoms with E-state index in [1.54, 1.807) is 0 Å². The molecular weight excluding hydrogens is 202 g/mol. The molecular formula is C9H14NOS2-. The van der Waals surface area contributed by atoms with Crippen LogP contribution in [0, 0.1) is 5.92 Å². The molecule has 1 unspecified atom stereocenters. The van der Waals surface area contributed by atoms with Gasteiger partial charge in [-0.1, -0.05) is 18.2 Å². The van der Waals surface area contributed by atoms with Gasteiger partial charge in [-0.15, -0.1) is 0 Å². The highest BCUT2D eigenvalue weighted by Gasteiger charge is 2.30. The Bertz CT molecular complexity index is 228. The lowest BCUT2D eigenvalue weighted by molar-refractivity contribution is -0.125. The first-order valence-corrected chi connectivity index (χ1v) is 5.37. The minimum atomic E-state index is -0.0370. The Balaban J connectivity index is 2.68. The molecule has 0 aliphatic carbocycles. The van der Waals surface area contributed by atoms with E-state index in [9.17, 15) is 4.79 Å². The third-order valence-corrected chi connectivity index (χ3v) is 2.85. The standard InChI is InChI=1S/C9H15NOS2/c1-6(2)8(11)7-4-3-5-10(7)9(12)13/h6-7H,3-5H2,1-2H3,(H,12,13)/p-1. The van der Waals surface area contributed by atoms with Crippen molar-refractivity contribution in [2.75, 3.05) is 6.54 Å². The maximum atomic E-state index is 11.7. The monoisotopic (exact) mass is 216 g/mol. The van der Waals surface area contributed by atoms with Crippen LogP contribution in [0.2, 0.25) is 0 Å². The molecule has 1 heterocycles. The van der Waals surface area contributed by atoms with Crippen molar-refractivity contribution in [3.63, 3.8) is 0 Å². The SMILES string of the molecule is CC(C)C(=O)C1CCCN1C(=S)[S-]. The molecule has 0 amide bonds. The third kappa shape index (κ3) is 2.38. The molecule has 1 rings (SSSR count). The second-order valence-electron chi connectivity index (χ2n) is 3.67. The summed E-state index contributed by atoms with van der Waals surface area (Å²) in [5, 5.41) is 0. The molecule has 4 heteroatoms. The van der Waals surface area contributed by atoms with Crippen molar-refractivity contribution in [2.45, 2.75) is 32.7 Å². The number of carbonyl (C=O) groups is 1. The molecule has 1 atom stereocenters. The molecule has 1 saturated heterocycles. The molecule has 0 aromatic rings. The number of carbonyl (C=O) groups excluding carboxylic acids is 1. The summed E-state index contributed by atoms with van der Waals surface area (Å²) in [7, 11) is 0. The summed E-state index contributed by atoms with van der Waals surface area (Å²) in [5.41, 5.74) is 0. The van der Waals surface area contributed by atoms with Crippen LogP contribution in [-0.4, -0.2) is 27.6 Å². The first-order chi connectivity index (χ1) is 6.04. The molecule has 0 spiro atoms. The van der Waals surface area contributed by atoms with Crippen LogP contribution < -0.4 is 0 Å². The zero-order valence-electron chi connectivity index (χ0n) is 7.95. The molecule has 2 nitrogen and oxygen atoms in total. The third-order valence-electron chi connectivity index (χ3n) is 2.38. The fourth-order valence-corrected chi connectivity index (χ4v) is 2.10. The Morgan fingerprint density at radius 3 is 2.69 bits per heavy atom. The number of Topliss-reactive ketones (excluding diaryl/α,β-unsaturated/α-hetero) is 1.